The van der Waals surface area contributed by atoms with Crippen molar-refractivity contribution in [3.05, 3.63) is 22.3 Å². The van der Waals surface area contributed by atoms with E-state index in [0.717, 1.165) is 0 Å². The number of hydrogen-bond acceptors (Lipinski definition) is 7. The van der Waals surface area contributed by atoms with E-state index < -0.39 is 28.5 Å². The molecule has 0 saturated carbocycles. The molecule has 21 heavy (non-hydrogen) atoms. The fraction of sp³-hybridized carbons (Fsp3) is 0.500. The maximum Gasteiger partial charge on any atom is 0.328 e. The number of carbonyl (C=O) groups excluding carboxylic acids is 1. The average Bonchev–Trinajstić information content (AvgIpc) is 2.32. The summed E-state index contributed by atoms with van der Waals surface area (Å²) in [7, 11) is 0. The first-order valence-corrected chi connectivity index (χ1v) is 5.48. The Bertz CT molecular complexity index is 403. The highest BCUT2D eigenvalue weighted by atomic mass is 17.0. The van der Waals surface area contributed by atoms with Crippen molar-refractivity contribution in [2.24, 2.45) is 5.73 Å². The van der Waals surface area contributed by atoms with Crippen LogP contribution in [0.5, 0.6) is 0 Å². The summed E-state index contributed by atoms with van der Waals surface area (Å²) in [6.07, 6.45) is 1.12. The first-order chi connectivity index (χ1) is 9.52. The molecular formula is C10H17N3O8. The molecule has 0 aliphatic rings. The van der Waals surface area contributed by atoms with Gasteiger partial charge in [0.2, 0.25) is 0 Å². The van der Waals surface area contributed by atoms with Crippen LogP contribution in [-0.4, -0.2) is 51.8 Å². The molecule has 11 nitrogen and oxygen atoms in total. The van der Waals surface area contributed by atoms with Crippen molar-refractivity contribution in [2.45, 2.75) is 19.4 Å². The van der Waals surface area contributed by atoms with Gasteiger partial charge in [0.15, 0.2) is 5.60 Å². The molecular weight excluding hydrogens is 290 g/mol. The highest BCUT2D eigenvalue weighted by Crippen LogP contribution is 2.08. The average molecular weight is 307 g/mol. The minimum absolute atomic E-state index is 0.267. The molecule has 0 rings (SSSR count). The van der Waals surface area contributed by atoms with Gasteiger partial charge in [-0.05, 0) is 13.8 Å². The largest absolute Gasteiger partial charge is 0.478 e. The lowest BCUT2D eigenvalue weighted by Crippen LogP contribution is -2.46. The second-order valence-corrected chi connectivity index (χ2v) is 3.88. The molecule has 0 saturated heterocycles. The summed E-state index contributed by atoms with van der Waals surface area (Å²) < 4.78 is 0. The van der Waals surface area contributed by atoms with Crippen molar-refractivity contribution in [3.63, 3.8) is 0 Å². The van der Waals surface area contributed by atoms with Crippen LogP contribution < -0.4 is 11.1 Å². The van der Waals surface area contributed by atoms with E-state index in [1.54, 1.807) is 0 Å². The summed E-state index contributed by atoms with van der Waals surface area (Å²) in [5, 5.41) is 27.0. The Hall–Kier alpha value is -2.69. The summed E-state index contributed by atoms with van der Waals surface area (Å²) in [4.78, 5) is 44.4. The lowest BCUT2D eigenvalue weighted by atomic mass is 10.1. The molecule has 0 radical (unpaired) electrons. The van der Waals surface area contributed by atoms with Crippen LogP contribution in [-0.2, 0) is 19.2 Å². The van der Waals surface area contributed by atoms with E-state index in [1.807, 2.05) is 0 Å². The van der Waals surface area contributed by atoms with E-state index in [1.165, 1.54) is 13.8 Å². The van der Waals surface area contributed by atoms with Crippen LogP contribution in [0.1, 0.15) is 13.8 Å². The van der Waals surface area contributed by atoms with Gasteiger partial charge in [-0.15, -0.1) is 10.1 Å². The van der Waals surface area contributed by atoms with Gasteiger partial charge in [-0.25, -0.2) is 9.59 Å². The van der Waals surface area contributed by atoms with E-state index in [4.69, 9.17) is 15.9 Å². The summed E-state index contributed by atoms with van der Waals surface area (Å²) in [6.45, 7) is 3.16. The van der Waals surface area contributed by atoms with E-state index in [2.05, 4.69) is 10.2 Å². The molecule has 11 heteroatoms. The molecule has 1 amide bonds. The summed E-state index contributed by atoms with van der Waals surface area (Å²) in [6, 6.07) is 0. The predicted molar refractivity (Wildman–Crippen MR) is 68.6 cm³/mol. The van der Waals surface area contributed by atoms with E-state index in [0.29, 0.717) is 12.2 Å². The number of carbonyl (C=O) groups is 3. The fourth-order valence-corrected chi connectivity index (χ4v) is 0.769. The maximum atomic E-state index is 11.2. The van der Waals surface area contributed by atoms with E-state index >= 15 is 0 Å². The van der Waals surface area contributed by atoms with Crippen LogP contribution in [0.2, 0.25) is 0 Å². The molecule has 0 aliphatic heterocycles. The van der Waals surface area contributed by atoms with Crippen LogP contribution in [0, 0.1) is 10.1 Å². The molecule has 0 bridgehead atoms. The Kier molecular flexibility index (Phi) is 9.96. The van der Waals surface area contributed by atoms with Crippen LogP contribution in [0.4, 0.5) is 0 Å². The SMILES string of the molecule is CC(C)(O[N+](=O)[O-])C(=O)NCCN.O=C(O)C=CC(=O)O. The number of nitrogens with two attached hydrogens (primary N) is 1. The van der Waals surface area contributed by atoms with Crippen molar-refractivity contribution in [3.8, 4) is 0 Å². The van der Waals surface area contributed by atoms with Gasteiger partial charge in [0.1, 0.15) is 0 Å². The Labute approximate surface area is 119 Å². The van der Waals surface area contributed by atoms with E-state index in [-0.39, 0.29) is 13.1 Å². The summed E-state index contributed by atoms with van der Waals surface area (Å²) in [5.74, 6) is -3.07. The van der Waals surface area contributed by atoms with Crippen LogP contribution in [0.25, 0.3) is 0 Å². The van der Waals surface area contributed by atoms with Crippen molar-refractivity contribution >= 4 is 17.8 Å². The Morgan fingerprint density at radius 2 is 1.71 bits per heavy atom. The van der Waals surface area contributed by atoms with Gasteiger partial charge in [0.25, 0.3) is 11.0 Å². The van der Waals surface area contributed by atoms with Crippen molar-refractivity contribution in [1.82, 2.24) is 5.32 Å². The number of amides is 1. The van der Waals surface area contributed by atoms with Gasteiger partial charge in [-0.2, -0.15) is 0 Å². The molecule has 120 valence electrons. The van der Waals surface area contributed by atoms with Crippen molar-refractivity contribution in [1.29, 1.82) is 0 Å². The lowest BCUT2D eigenvalue weighted by Gasteiger charge is -2.20. The number of aliphatic carboxylic acids is 2. The maximum absolute atomic E-state index is 11.2. The summed E-state index contributed by atoms with van der Waals surface area (Å²) in [5.41, 5.74) is 3.66. The molecule has 0 aromatic heterocycles. The molecule has 0 spiro atoms. The zero-order valence-corrected chi connectivity index (χ0v) is 11.4. The molecule has 0 atom stereocenters. The Balaban J connectivity index is 0. The quantitative estimate of drug-likeness (QED) is 0.254. The topological polar surface area (TPSA) is 182 Å². The van der Waals surface area contributed by atoms with E-state index in [9.17, 15) is 24.5 Å². The second-order valence-electron chi connectivity index (χ2n) is 3.88. The molecule has 0 aromatic carbocycles. The van der Waals surface area contributed by atoms with Gasteiger partial charge in [0, 0.05) is 25.2 Å². The number of carboxylic acid groups (broad SMARTS) is 2. The Morgan fingerprint density at radius 3 is 2.00 bits per heavy atom. The van der Waals surface area contributed by atoms with Gasteiger partial charge in [-0.1, -0.05) is 0 Å². The minimum Gasteiger partial charge on any atom is -0.478 e. The summed E-state index contributed by atoms with van der Waals surface area (Å²) >= 11 is 0. The monoisotopic (exact) mass is 307 g/mol. The number of nitrogens with one attached hydrogen (secondary N) is 1. The molecule has 0 unspecified atom stereocenters. The van der Waals surface area contributed by atoms with Crippen molar-refractivity contribution < 1.29 is 34.5 Å². The van der Waals surface area contributed by atoms with Crippen LogP contribution in [0.15, 0.2) is 12.2 Å². The smallest absolute Gasteiger partial charge is 0.328 e. The molecule has 5 N–H and O–H groups in total. The first-order valence-electron chi connectivity index (χ1n) is 5.48. The first kappa shape index (κ1) is 20.6. The minimum atomic E-state index is -1.47. The fourth-order valence-electron chi connectivity index (χ4n) is 0.769. The third-order valence-electron chi connectivity index (χ3n) is 1.65. The number of nitrogens with zero attached hydrogens (tertiary/aromatic N) is 1. The normalized spacial score (nSPS) is 10.2. The van der Waals surface area contributed by atoms with Crippen molar-refractivity contribution in [2.75, 3.05) is 13.1 Å². The highest BCUT2D eigenvalue weighted by molar-refractivity contribution is 5.89. The Morgan fingerprint density at radius 1 is 1.29 bits per heavy atom. The molecule has 0 heterocycles. The van der Waals surface area contributed by atoms with Gasteiger partial charge >= 0.3 is 11.9 Å². The predicted octanol–water partition coefficient (Wildman–Crippen LogP) is -1.24. The highest BCUT2D eigenvalue weighted by Gasteiger charge is 2.31. The number of hydrogen-bond donors (Lipinski definition) is 4. The van der Waals surface area contributed by atoms with Crippen LogP contribution >= 0.6 is 0 Å². The third kappa shape index (κ3) is 13.5. The van der Waals surface area contributed by atoms with Gasteiger partial charge < -0.3 is 21.3 Å². The van der Waals surface area contributed by atoms with Gasteiger partial charge in [-0.3, -0.25) is 9.63 Å². The standard InChI is InChI=1S/C6H13N3O4.C4H4O4/c1-6(2,13-9(11)12)5(10)8-4-3-7;5-3(6)1-2-4(7)8/h3-4,7H2,1-2H3,(H,8,10);1-2H,(H,5,6)(H,7,8). The molecule has 0 fully saturated rings. The zero-order valence-electron chi connectivity index (χ0n) is 11.4. The number of carboxylic acids is 2. The van der Waals surface area contributed by atoms with Gasteiger partial charge in [0.05, 0.1) is 0 Å². The lowest BCUT2D eigenvalue weighted by molar-refractivity contribution is -0.774. The molecule has 0 aromatic rings. The number of rotatable bonds is 7. The van der Waals surface area contributed by atoms with Crippen LogP contribution in [0.3, 0.4) is 0 Å². The second kappa shape index (κ2) is 10.1. The zero-order chi connectivity index (χ0) is 17.1. The molecule has 0 aliphatic carbocycles. The third-order valence-corrected chi connectivity index (χ3v) is 1.65.